The molecule has 0 saturated carbocycles. The van der Waals surface area contributed by atoms with Crippen molar-refractivity contribution in [2.45, 2.75) is 25.3 Å². The molecule has 0 fully saturated rings. The summed E-state index contributed by atoms with van der Waals surface area (Å²) in [6.45, 7) is 1.69. The summed E-state index contributed by atoms with van der Waals surface area (Å²) in [5.74, 6) is -0.632. The number of halogens is 1. The molecule has 1 N–H and O–H groups in total. The fourth-order valence-electron chi connectivity index (χ4n) is 0.536. The van der Waals surface area contributed by atoms with Crippen LogP contribution in [0.25, 0.3) is 0 Å². The van der Waals surface area contributed by atoms with Gasteiger partial charge >= 0.3 is 10.1 Å². The number of Topliss-reactive ketones (excluding diaryl/α,β-unsaturated/α-hetero) is 1. The lowest BCUT2D eigenvalue weighted by Crippen LogP contribution is -2.31. The minimum absolute atomic E-state index is 0.632. The minimum atomic E-state index is -4.78. The molecule has 0 aliphatic carbocycles. The van der Waals surface area contributed by atoms with Gasteiger partial charge in [0.2, 0.25) is 5.00 Å². The first-order chi connectivity index (χ1) is 4.67. The zero-order chi connectivity index (χ0) is 9.28. The maximum Gasteiger partial charge on any atom is 0.300 e. The second-order valence-electron chi connectivity index (χ2n) is 2.46. The standard InChI is InChI=1S/C5H9FO4S/c1-4(7)3-5(2,6)11(8,9)10/h3H2,1-2H3,(H,8,9,10). The maximum absolute atomic E-state index is 12.8. The molecule has 0 aromatic carbocycles. The van der Waals surface area contributed by atoms with Crippen LogP contribution in [0, 0.1) is 0 Å². The van der Waals surface area contributed by atoms with Gasteiger partial charge in [-0.15, -0.1) is 0 Å². The molecule has 0 amide bonds. The Labute approximate surface area is 64.2 Å². The van der Waals surface area contributed by atoms with Crippen molar-refractivity contribution in [3.8, 4) is 0 Å². The van der Waals surface area contributed by atoms with Crippen LogP contribution < -0.4 is 0 Å². The van der Waals surface area contributed by atoms with E-state index in [1.165, 1.54) is 0 Å². The third kappa shape index (κ3) is 2.94. The van der Waals surface area contributed by atoms with Crippen LogP contribution >= 0.6 is 0 Å². The summed E-state index contributed by atoms with van der Waals surface area (Å²) in [5.41, 5.74) is 0. The van der Waals surface area contributed by atoms with Gasteiger partial charge < -0.3 is 0 Å². The van der Waals surface area contributed by atoms with Gasteiger partial charge in [0.1, 0.15) is 5.78 Å². The maximum atomic E-state index is 12.8. The Balaban J connectivity index is 4.62. The Morgan fingerprint density at radius 1 is 1.64 bits per heavy atom. The topological polar surface area (TPSA) is 71.4 Å². The van der Waals surface area contributed by atoms with Crippen molar-refractivity contribution >= 4 is 15.9 Å². The van der Waals surface area contributed by atoms with Crippen LogP contribution in [0.4, 0.5) is 4.39 Å². The molecule has 0 radical (unpaired) electrons. The van der Waals surface area contributed by atoms with E-state index >= 15 is 0 Å². The molecule has 1 atom stereocenters. The monoisotopic (exact) mass is 184 g/mol. The van der Waals surface area contributed by atoms with E-state index in [1.54, 1.807) is 0 Å². The Morgan fingerprint density at radius 3 is 2.09 bits per heavy atom. The van der Waals surface area contributed by atoms with Gasteiger partial charge in [0.15, 0.2) is 0 Å². The van der Waals surface area contributed by atoms with Gasteiger partial charge in [-0.25, -0.2) is 4.39 Å². The lowest BCUT2D eigenvalue weighted by atomic mass is 10.2. The van der Waals surface area contributed by atoms with E-state index in [-0.39, 0.29) is 0 Å². The third-order valence-electron chi connectivity index (χ3n) is 1.10. The number of hydrogen-bond acceptors (Lipinski definition) is 3. The van der Waals surface area contributed by atoms with Crippen LogP contribution in [0.15, 0.2) is 0 Å². The van der Waals surface area contributed by atoms with Gasteiger partial charge in [-0.3, -0.25) is 9.35 Å². The largest absolute Gasteiger partial charge is 0.300 e. The average molecular weight is 184 g/mol. The van der Waals surface area contributed by atoms with E-state index in [0.29, 0.717) is 6.92 Å². The van der Waals surface area contributed by atoms with E-state index in [1.807, 2.05) is 0 Å². The molecule has 4 nitrogen and oxygen atoms in total. The summed E-state index contributed by atoms with van der Waals surface area (Å²) in [7, 11) is -4.78. The number of carbonyl (C=O) groups is 1. The van der Waals surface area contributed by atoms with Crippen molar-refractivity contribution in [1.82, 2.24) is 0 Å². The number of ketones is 1. The Morgan fingerprint density at radius 2 is 2.00 bits per heavy atom. The highest BCUT2D eigenvalue weighted by atomic mass is 32.2. The molecule has 0 rings (SSSR count). The fourth-order valence-corrected chi connectivity index (χ4v) is 0.922. The average Bonchev–Trinajstić information content (AvgIpc) is 1.56. The molecule has 0 aromatic rings. The molecule has 0 aromatic heterocycles. The highest BCUT2D eigenvalue weighted by Gasteiger charge is 2.39. The molecule has 0 bridgehead atoms. The van der Waals surface area contributed by atoms with Crippen molar-refractivity contribution < 1.29 is 22.2 Å². The van der Waals surface area contributed by atoms with E-state index in [4.69, 9.17) is 4.55 Å². The lowest BCUT2D eigenvalue weighted by Gasteiger charge is -2.13. The molecule has 11 heavy (non-hydrogen) atoms. The minimum Gasteiger partial charge on any atom is -0.300 e. The summed E-state index contributed by atoms with van der Waals surface area (Å²) in [4.78, 5) is 10.3. The molecule has 0 spiro atoms. The molecule has 1 unspecified atom stereocenters. The summed E-state index contributed by atoms with van der Waals surface area (Å²) in [5, 5.41) is -2.86. The molecule has 0 aliphatic heterocycles. The molecule has 0 heterocycles. The number of hydrogen-bond donors (Lipinski definition) is 1. The normalized spacial score (nSPS) is 17.5. The number of rotatable bonds is 3. The van der Waals surface area contributed by atoms with Crippen molar-refractivity contribution in [1.29, 1.82) is 0 Å². The first-order valence-electron chi connectivity index (χ1n) is 2.82. The van der Waals surface area contributed by atoms with Crippen LogP contribution in [0.3, 0.4) is 0 Å². The first kappa shape index (κ1) is 10.5. The Hall–Kier alpha value is -0.490. The van der Waals surface area contributed by atoms with E-state index in [2.05, 4.69) is 0 Å². The van der Waals surface area contributed by atoms with Crippen molar-refractivity contribution in [2.24, 2.45) is 0 Å². The highest BCUT2D eigenvalue weighted by molar-refractivity contribution is 7.87. The van der Waals surface area contributed by atoms with Crippen molar-refractivity contribution in [3.63, 3.8) is 0 Å². The van der Waals surface area contributed by atoms with E-state index in [0.717, 1.165) is 6.92 Å². The smallest absolute Gasteiger partial charge is 0.300 e. The van der Waals surface area contributed by atoms with Crippen molar-refractivity contribution in [2.75, 3.05) is 0 Å². The number of carbonyl (C=O) groups excluding carboxylic acids is 1. The van der Waals surface area contributed by atoms with Gasteiger partial charge in [-0.2, -0.15) is 8.42 Å². The van der Waals surface area contributed by atoms with Gasteiger partial charge in [0.25, 0.3) is 0 Å². The van der Waals surface area contributed by atoms with E-state index < -0.39 is 27.3 Å². The number of alkyl halides is 1. The van der Waals surface area contributed by atoms with Crippen LogP contribution in [-0.4, -0.2) is 23.8 Å². The highest BCUT2D eigenvalue weighted by Crippen LogP contribution is 2.21. The molecule has 66 valence electrons. The van der Waals surface area contributed by atoms with Gasteiger partial charge in [-0.1, -0.05) is 0 Å². The molecular weight excluding hydrogens is 175 g/mol. The van der Waals surface area contributed by atoms with Gasteiger partial charge in [0.05, 0.1) is 6.42 Å². The van der Waals surface area contributed by atoms with Crippen LogP contribution in [0.5, 0.6) is 0 Å². The lowest BCUT2D eigenvalue weighted by molar-refractivity contribution is -0.118. The summed E-state index contributed by atoms with van der Waals surface area (Å²) < 4.78 is 41.5. The predicted molar refractivity (Wildman–Crippen MR) is 36.4 cm³/mol. The summed E-state index contributed by atoms with van der Waals surface area (Å²) in [6.07, 6.45) is -0.828. The van der Waals surface area contributed by atoms with Gasteiger partial charge in [-0.05, 0) is 13.8 Å². The zero-order valence-corrected chi connectivity index (χ0v) is 6.98. The quantitative estimate of drug-likeness (QED) is 0.650. The molecular formula is C5H9FO4S. The Bertz CT molecular complexity index is 254. The molecule has 0 saturated heterocycles. The third-order valence-corrected chi connectivity index (χ3v) is 2.32. The molecule has 6 heteroatoms. The predicted octanol–water partition coefficient (Wildman–Crippen LogP) is 0.539. The second kappa shape index (κ2) is 2.86. The SMILES string of the molecule is CC(=O)CC(C)(F)S(=O)(=O)O. The molecule has 0 aliphatic rings. The summed E-state index contributed by atoms with van der Waals surface area (Å²) >= 11 is 0. The fraction of sp³-hybridized carbons (Fsp3) is 0.800. The summed E-state index contributed by atoms with van der Waals surface area (Å²) in [6, 6.07) is 0. The van der Waals surface area contributed by atoms with Gasteiger partial charge in [0, 0.05) is 0 Å². The van der Waals surface area contributed by atoms with Crippen LogP contribution in [-0.2, 0) is 14.9 Å². The second-order valence-corrected chi connectivity index (χ2v) is 4.26. The van der Waals surface area contributed by atoms with Crippen LogP contribution in [0.1, 0.15) is 20.3 Å². The first-order valence-corrected chi connectivity index (χ1v) is 4.26. The zero-order valence-electron chi connectivity index (χ0n) is 6.17. The van der Waals surface area contributed by atoms with Crippen molar-refractivity contribution in [3.05, 3.63) is 0 Å². The van der Waals surface area contributed by atoms with E-state index in [9.17, 15) is 17.6 Å². The van der Waals surface area contributed by atoms with Crippen LogP contribution in [0.2, 0.25) is 0 Å². The Kier molecular flexibility index (Phi) is 2.74.